The summed E-state index contributed by atoms with van der Waals surface area (Å²) in [5, 5.41) is 3.60. The number of nitrogens with zero attached hydrogens (tertiary/aromatic N) is 1. The van der Waals surface area contributed by atoms with E-state index in [1.54, 1.807) is 0 Å². The van der Waals surface area contributed by atoms with Crippen LogP contribution in [0.2, 0.25) is 0 Å². The van der Waals surface area contributed by atoms with Crippen LogP contribution in [0.1, 0.15) is 15.9 Å². The minimum Gasteiger partial charge on any atom is -0.287 e. The highest BCUT2D eigenvalue weighted by molar-refractivity contribution is 6.05. The Morgan fingerprint density at radius 2 is 1.58 bits per heavy atom. The lowest BCUT2D eigenvalue weighted by molar-refractivity contribution is -0.657. The van der Waals surface area contributed by atoms with Gasteiger partial charge in [-0.3, -0.25) is 4.79 Å². The van der Waals surface area contributed by atoms with Crippen molar-refractivity contribution in [3.05, 3.63) is 90.1 Å². The summed E-state index contributed by atoms with van der Waals surface area (Å²) in [6.45, 7) is 2.37. The van der Waals surface area contributed by atoms with E-state index in [1.165, 1.54) is 16.2 Å². The van der Waals surface area contributed by atoms with Gasteiger partial charge in [0, 0.05) is 17.7 Å². The predicted octanol–water partition coefficient (Wildman–Crippen LogP) is 4.47. The first kappa shape index (κ1) is 14.6. The van der Waals surface area contributed by atoms with E-state index in [1.807, 2.05) is 54.1 Å². The maximum Gasteiger partial charge on any atom is 0.227 e. The van der Waals surface area contributed by atoms with Gasteiger partial charge in [-0.2, -0.15) is 4.57 Å². The van der Waals surface area contributed by atoms with Crippen molar-refractivity contribution in [3.8, 4) is 0 Å². The fourth-order valence-electron chi connectivity index (χ4n) is 3.16. The minimum atomic E-state index is 0.126. The third-order valence-electron chi connectivity index (χ3n) is 4.47. The van der Waals surface area contributed by atoms with Crippen molar-refractivity contribution in [1.82, 2.24) is 0 Å². The molecule has 0 amide bonds. The number of aromatic nitrogens is 1. The van der Waals surface area contributed by atoms with Gasteiger partial charge in [0.2, 0.25) is 17.8 Å². The number of rotatable bonds is 3. The number of carbonyl (C=O) groups is 1. The van der Waals surface area contributed by atoms with E-state index in [0.717, 1.165) is 16.6 Å². The number of carbonyl (C=O) groups excluding carboxylic acids is 1. The van der Waals surface area contributed by atoms with Crippen LogP contribution in [0.3, 0.4) is 0 Å². The van der Waals surface area contributed by atoms with E-state index in [-0.39, 0.29) is 5.78 Å². The lowest BCUT2D eigenvalue weighted by Crippen LogP contribution is -2.38. The molecule has 1 heterocycles. The molecule has 4 aromatic rings. The lowest BCUT2D eigenvalue weighted by atomic mass is 10.0. The number of benzene rings is 3. The molecule has 24 heavy (non-hydrogen) atoms. The van der Waals surface area contributed by atoms with Crippen LogP contribution in [-0.2, 0) is 6.54 Å². The Morgan fingerprint density at radius 3 is 2.42 bits per heavy atom. The standard InChI is InChI=1S/C22H18NO/c1-16-8-10-18(11-9-16)22(24)15-23-14-4-7-20-19-6-3-2-5-17(19)12-13-21(20)23/h2-14H,15H2,1H3/q+1. The summed E-state index contributed by atoms with van der Waals surface area (Å²) in [5.74, 6) is 0.126. The summed E-state index contributed by atoms with van der Waals surface area (Å²) in [6.07, 6.45) is 1.98. The fourth-order valence-corrected chi connectivity index (χ4v) is 3.16. The van der Waals surface area contributed by atoms with E-state index >= 15 is 0 Å². The van der Waals surface area contributed by atoms with E-state index in [9.17, 15) is 4.79 Å². The Hall–Kier alpha value is -3.00. The highest BCUT2D eigenvalue weighted by Crippen LogP contribution is 2.22. The SMILES string of the molecule is Cc1ccc(C(=O)C[n+]2cccc3c4ccccc4ccc32)cc1. The quantitative estimate of drug-likeness (QED) is 0.310. The van der Waals surface area contributed by atoms with Crippen LogP contribution in [-0.4, -0.2) is 5.78 Å². The molecule has 116 valence electrons. The van der Waals surface area contributed by atoms with Gasteiger partial charge in [0.1, 0.15) is 0 Å². The molecule has 0 saturated heterocycles. The third kappa shape index (κ3) is 2.56. The zero-order valence-electron chi connectivity index (χ0n) is 13.6. The number of hydrogen-bond acceptors (Lipinski definition) is 1. The summed E-state index contributed by atoms with van der Waals surface area (Å²) < 4.78 is 2.03. The van der Waals surface area contributed by atoms with Gasteiger partial charge < -0.3 is 0 Å². The Morgan fingerprint density at radius 1 is 0.833 bits per heavy atom. The molecule has 0 spiro atoms. The van der Waals surface area contributed by atoms with Crippen molar-refractivity contribution in [2.24, 2.45) is 0 Å². The molecule has 0 N–H and O–H groups in total. The number of pyridine rings is 1. The van der Waals surface area contributed by atoms with Crippen molar-refractivity contribution in [3.63, 3.8) is 0 Å². The van der Waals surface area contributed by atoms with E-state index in [4.69, 9.17) is 0 Å². The number of hydrogen-bond donors (Lipinski definition) is 0. The molecule has 0 fully saturated rings. The number of aryl methyl sites for hydroxylation is 1. The monoisotopic (exact) mass is 312 g/mol. The molecule has 0 radical (unpaired) electrons. The van der Waals surface area contributed by atoms with Gasteiger partial charge in [-0.1, -0.05) is 54.1 Å². The average Bonchev–Trinajstić information content (AvgIpc) is 2.62. The first-order valence-electron chi connectivity index (χ1n) is 8.12. The molecule has 0 aliphatic heterocycles. The molecule has 0 bridgehead atoms. The molecule has 0 unspecified atom stereocenters. The van der Waals surface area contributed by atoms with Gasteiger partial charge in [-0.15, -0.1) is 0 Å². The minimum absolute atomic E-state index is 0.126. The van der Waals surface area contributed by atoms with Crippen LogP contribution < -0.4 is 4.57 Å². The molecule has 0 atom stereocenters. The van der Waals surface area contributed by atoms with Gasteiger partial charge in [-0.05, 0) is 29.8 Å². The van der Waals surface area contributed by atoms with Crippen molar-refractivity contribution >= 4 is 27.5 Å². The Bertz CT molecular complexity index is 1050. The zero-order valence-corrected chi connectivity index (χ0v) is 13.6. The first-order valence-corrected chi connectivity index (χ1v) is 8.12. The molecular weight excluding hydrogens is 294 g/mol. The normalized spacial score (nSPS) is 11.0. The smallest absolute Gasteiger partial charge is 0.227 e. The highest BCUT2D eigenvalue weighted by atomic mass is 16.1. The second-order valence-corrected chi connectivity index (χ2v) is 6.14. The second kappa shape index (κ2) is 5.89. The van der Waals surface area contributed by atoms with E-state index < -0.39 is 0 Å². The van der Waals surface area contributed by atoms with Crippen LogP contribution in [0.15, 0.2) is 79.0 Å². The van der Waals surface area contributed by atoms with Crippen molar-refractivity contribution in [1.29, 1.82) is 0 Å². The van der Waals surface area contributed by atoms with Crippen LogP contribution in [0, 0.1) is 6.92 Å². The van der Waals surface area contributed by atoms with Crippen LogP contribution >= 0.6 is 0 Å². The van der Waals surface area contributed by atoms with Gasteiger partial charge >= 0.3 is 0 Å². The summed E-state index contributed by atoms with van der Waals surface area (Å²) in [7, 11) is 0. The molecule has 2 nitrogen and oxygen atoms in total. The fraction of sp³-hybridized carbons (Fsp3) is 0.0909. The molecule has 2 heteroatoms. The van der Waals surface area contributed by atoms with Gasteiger partial charge in [0.15, 0.2) is 6.20 Å². The number of Topliss-reactive ketones (excluding diaryl/α,β-unsaturated/α-hetero) is 1. The van der Waals surface area contributed by atoms with Crippen LogP contribution in [0.4, 0.5) is 0 Å². The molecule has 3 aromatic carbocycles. The summed E-state index contributed by atoms with van der Waals surface area (Å²) in [6, 6.07) is 24.4. The van der Waals surface area contributed by atoms with Crippen molar-refractivity contribution in [2.45, 2.75) is 13.5 Å². The number of ketones is 1. The molecule has 4 rings (SSSR count). The van der Waals surface area contributed by atoms with Crippen LogP contribution in [0.25, 0.3) is 21.7 Å². The largest absolute Gasteiger partial charge is 0.287 e. The predicted molar refractivity (Wildman–Crippen MR) is 97.2 cm³/mol. The van der Waals surface area contributed by atoms with Crippen molar-refractivity contribution in [2.75, 3.05) is 0 Å². The Labute approximate surface area is 141 Å². The zero-order chi connectivity index (χ0) is 16.5. The maximum absolute atomic E-state index is 12.6. The van der Waals surface area contributed by atoms with Crippen LogP contribution in [0.5, 0.6) is 0 Å². The summed E-state index contributed by atoms with van der Waals surface area (Å²) in [5.41, 5.74) is 3.00. The molecule has 0 aliphatic carbocycles. The average molecular weight is 312 g/mol. The van der Waals surface area contributed by atoms with E-state index in [0.29, 0.717) is 6.54 Å². The third-order valence-corrected chi connectivity index (χ3v) is 4.47. The van der Waals surface area contributed by atoms with Gasteiger partial charge in [-0.25, -0.2) is 0 Å². The topological polar surface area (TPSA) is 20.9 Å². The highest BCUT2D eigenvalue weighted by Gasteiger charge is 2.16. The van der Waals surface area contributed by atoms with E-state index in [2.05, 4.69) is 36.4 Å². The Kier molecular flexibility index (Phi) is 3.58. The second-order valence-electron chi connectivity index (χ2n) is 6.14. The molecule has 1 aromatic heterocycles. The molecule has 0 saturated carbocycles. The summed E-state index contributed by atoms with van der Waals surface area (Å²) in [4.78, 5) is 12.6. The molecule has 0 aliphatic rings. The summed E-state index contributed by atoms with van der Waals surface area (Å²) >= 11 is 0. The van der Waals surface area contributed by atoms with Crippen molar-refractivity contribution < 1.29 is 9.36 Å². The molecular formula is C22H18NO+. The van der Waals surface area contributed by atoms with Gasteiger partial charge in [0.25, 0.3) is 0 Å². The van der Waals surface area contributed by atoms with Gasteiger partial charge in [0.05, 0.1) is 5.39 Å². The first-order chi connectivity index (χ1) is 11.7. The number of fused-ring (bicyclic) bond motifs is 3. The lowest BCUT2D eigenvalue weighted by Gasteiger charge is -2.05. The maximum atomic E-state index is 12.6. The Balaban J connectivity index is 1.78.